The molecule has 22 heavy (non-hydrogen) atoms. The molecule has 0 aliphatic rings. The molecular formula is C16H20ClNO3Si. The number of nitrogens with zero attached hydrogens (tertiary/aromatic N) is 1. The zero-order chi connectivity index (χ0) is 16.3. The van der Waals surface area contributed by atoms with Crippen molar-refractivity contribution in [2.24, 2.45) is 0 Å². The summed E-state index contributed by atoms with van der Waals surface area (Å²) in [7, 11) is -1.62. The van der Waals surface area contributed by atoms with Crippen molar-refractivity contribution in [3.8, 4) is 11.3 Å². The van der Waals surface area contributed by atoms with E-state index in [0.29, 0.717) is 34.2 Å². The van der Waals surface area contributed by atoms with Crippen LogP contribution in [0.5, 0.6) is 0 Å². The predicted octanol–water partition coefficient (Wildman–Crippen LogP) is 4.76. The summed E-state index contributed by atoms with van der Waals surface area (Å²) in [5.41, 5.74) is 1.62. The summed E-state index contributed by atoms with van der Waals surface area (Å²) in [5.74, 6) is 0.499. The number of benzene rings is 1. The van der Waals surface area contributed by atoms with E-state index in [-0.39, 0.29) is 5.92 Å². The van der Waals surface area contributed by atoms with E-state index >= 15 is 0 Å². The van der Waals surface area contributed by atoms with E-state index in [1.807, 2.05) is 25.1 Å². The van der Waals surface area contributed by atoms with Crippen molar-refractivity contribution in [2.45, 2.75) is 32.5 Å². The van der Waals surface area contributed by atoms with Gasteiger partial charge in [0, 0.05) is 18.1 Å². The van der Waals surface area contributed by atoms with Crippen molar-refractivity contribution in [2.75, 3.05) is 6.61 Å². The number of carbonyl (C=O) groups is 1. The van der Waals surface area contributed by atoms with Crippen molar-refractivity contribution in [3.05, 3.63) is 40.6 Å². The highest BCUT2D eigenvalue weighted by atomic mass is 35.5. The molecule has 2 aromatic rings. The maximum absolute atomic E-state index is 11.5. The minimum absolute atomic E-state index is 0.0457. The zero-order valence-corrected chi connectivity index (χ0v) is 15.0. The molecule has 1 aromatic carbocycles. The van der Waals surface area contributed by atoms with Crippen LogP contribution in [0.15, 0.2) is 28.8 Å². The largest absolute Gasteiger partial charge is 0.417 e. The third-order valence-corrected chi connectivity index (χ3v) is 4.58. The zero-order valence-electron chi connectivity index (χ0n) is 13.2. The number of carbonyl (C=O) groups excluding carboxylic acids is 1. The molecule has 118 valence electrons. The quantitative estimate of drug-likeness (QED) is 0.563. The van der Waals surface area contributed by atoms with Gasteiger partial charge >= 0.3 is 0 Å². The van der Waals surface area contributed by atoms with E-state index in [2.05, 4.69) is 24.8 Å². The molecule has 1 aromatic heterocycles. The van der Waals surface area contributed by atoms with Crippen LogP contribution in [0.3, 0.4) is 0 Å². The molecule has 1 atom stereocenters. The molecule has 0 spiro atoms. The van der Waals surface area contributed by atoms with Crippen molar-refractivity contribution < 1.29 is 13.7 Å². The number of rotatable bonds is 6. The van der Waals surface area contributed by atoms with Crippen LogP contribution in [0.4, 0.5) is 0 Å². The number of aromatic nitrogens is 1. The number of aldehydes is 1. The average Bonchev–Trinajstić information content (AvgIpc) is 2.88. The molecule has 0 saturated carbocycles. The molecule has 2 rings (SSSR count). The fourth-order valence-electron chi connectivity index (χ4n) is 2.08. The third kappa shape index (κ3) is 3.85. The lowest BCUT2D eigenvalue weighted by molar-refractivity contribution is 0.112. The Morgan fingerprint density at radius 2 is 2.05 bits per heavy atom. The Bertz CT molecular complexity index is 664. The molecule has 0 saturated heterocycles. The van der Waals surface area contributed by atoms with Gasteiger partial charge in [-0.3, -0.25) is 4.79 Å². The second-order valence-corrected chi connectivity index (χ2v) is 11.2. The van der Waals surface area contributed by atoms with Crippen LogP contribution >= 0.6 is 11.6 Å². The standard InChI is InChI=1S/C16H20ClNO3Si/c1-11(10-20-22(2,3)4)16-13(9-19)15(18-21-16)12-7-5-6-8-14(12)17/h5-9,11H,10H2,1-4H3. The van der Waals surface area contributed by atoms with E-state index < -0.39 is 8.32 Å². The lowest BCUT2D eigenvalue weighted by Gasteiger charge is -2.19. The van der Waals surface area contributed by atoms with Gasteiger partial charge < -0.3 is 8.95 Å². The van der Waals surface area contributed by atoms with Crippen molar-refractivity contribution in [1.82, 2.24) is 5.16 Å². The predicted molar refractivity (Wildman–Crippen MR) is 90.0 cm³/mol. The first-order chi connectivity index (χ1) is 10.3. The number of hydrogen-bond donors (Lipinski definition) is 0. The van der Waals surface area contributed by atoms with Crippen molar-refractivity contribution in [1.29, 1.82) is 0 Å². The smallest absolute Gasteiger partial charge is 0.183 e. The van der Waals surface area contributed by atoms with Crippen LogP contribution in [0.2, 0.25) is 24.7 Å². The second-order valence-electron chi connectivity index (χ2n) is 6.23. The van der Waals surface area contributed by atoms with Gasteiger partial charge in [0.1, 0.15) is 5.69 Å². The fourth-order valence-corrected chi connectivity index (χ4v) is 3.05. The molecule has 1 heterocycles. The Morgan fingerprint density at radius 1 is 1.36 bits per heavy atom. The minimum Gasteiger partial charge on any atom is -0.417 e. The Balaban J connectivity index is 2.32. The van der Waals surface area contributed by atoms with Gasteiger partial charge in [-0.25, -0.2) is 0 Å². The Kier molecular flexibility index (Phi) is 5.21. The lowest BCUT2D eigenvalue weighted by Crippen LogP contribution is -2.27. The summed E-state index contributed by atoms with van der Waals surface area (Å²) in [6.45, 7) is 8.83. The number of hydrogen-bond acceptors (Lipinski definition) is 4. The minimum atomic E-state index is -1.62. The van der Waals surface area contributed by atoms with Gasteiger partial charge in [-0.05, 0) is 25.7 Å². The maximum Gasteiger partial charge on any atom is 0.183 e. The van der Waals surface area contributed by atoms with Crippen LogP contribution in [0.25, 0.3) is 11.3 Å². The van der Waals surface area contributed by atoms with Crippen molar-refractivity contribution in [3.63, 3.8) is 0 Å². The van der Waals surface area contributed by atoms with Gasteiger partial charge in [0.05, 0.1) is 10.6 Å². The molecule has 0 N–H and O–H groups in total. The van der Waals surface area contributed by atoms with Gasteiger partial charge in [-0.2, -0.15) is 0 Å². The van der Waals surface area contributed by atoms with E-state index in [9.17, 15) is 4.79 Å². The molecule has 4 nitrogen and oxygen atoms in total. The van der Waals surface area contributed by atoms with Gasteiger partial charge in [-0.1, -0.05) is 41.9 Å². The third-order valence-electron chi connectivity index (χ3n) is 3.22. The first-order valence-corrected chi connectivity index (χ1v) is 11.0. The monoisotopic (exact) mass is 337 g/mol. The van der Waals surface area contributed by atoms with Crippen LogP contribution < -0.4 is 0 Å². The lowest BCUT2D eigenvalue weighted by atomic mass is 10.0. The molecular weight excluding hydrogens is 318 g/mol. The summed E-state index contributed by atoms with van der Waals surface area (Å²) in [5, 5.41) is 4.59. The first kappa shape index (κ1) is 16.9. The van der Waals surface area contributed by atoms with Crippen LogP contribution in [0, 0.1) is 0 Å². The molecule has 0 bridgehead atoms. The molecule has 0 fully saturated rings. The summed E-state index contributed by atoms with van der Waals surface area (Å²) in [6.07, 6.45) is 0.773. The summed E-state index contributed by atoms with van der Waals surface area (Å²) < 4.78 is 11.3. The fraction of sp³-hybridized carbons (Fsp3) is 0.375. The highest BCUT2D eigenvalue weighted by Crippen LogP contribution is 2.33. The topological polar surface area (TPSA) is 52.3 Å². The van der Waals surface area contributed by atoms with Gasteiger partial charge in [0.25, 0.3) is 0 Å². The average molecular weight is 338 g/mol. The SMILES string of the molecule is CC(CO[Si](C)(C)C)c1onc(-c2ccccc2Cl)c1C=O. The Labute approximate surface area is 136 Å². The van der Waals surface area contributed by atoms with E-state index in [1.54, 1.807) is 6.07 Å². The summed E-state index contributed by atoms with van der Waals surface area (Å²) in [6, 6.07) is 7.26. The van der Waals surface area contributed by atoms with Gasteiger partial charge in [0.2, 0.25) is 0 Å². The highest BCUT2D eigenvalue weighted by molar-refractivity contribution is 6.69. The second kappa shape index (κ2) is 6.77. The van der Waals surface area contributed by atoms with Crippen molar-refractivity contribution >= 4 is 26.2 Å². The highest BCUT2D eigenvalue weighted by Gasteiger charge is 2.24. The molecule has 1 unspecified atom stereocenters. The molecule has 0 aliphatic carbocycles. The molecule has 0 amide bonds. The Morgan fingerprint density at radius 3 is 2.64 bits per heavy atom. The van der Waals surface area contributed by atoms with E-state index in [1.165, 1.54) is 0 Å². The van der Waals surface area contributed by atoms with Crippen LogP contribution in [-0.2, 0) is 4.43 Å². The summed E-state index contributed by atoms with van der Waals surface area (Å²) >= 11 is 6.18. The molecule has 0 radical (unpaired) electrons. The normalized spacial score (nSPS) is 13.1. The number of halogens is 1. The van der Waals surface area contributed by atoms with Crippen LogP contribution in [0.1, 0.15) is 29.0 Å². The van der Waals surface area contributed by atoms with Gasteiger partial charge in [-0.15, -0.1) is 0 Å². The molecule has 0 aliphatic heterocycles. The van der Waals surface area contributed by atoms with Crippen LogP contribution in [-0.4, -0.2) is 26.4 Å². The summed E-state index contributed by atoms with van der Waals surface area (Å²) in [4.78, 5) is 11.5. The Hall–Kier alpha value is -1.43. The van der Waals surface area contributed by atoms with E-state index in [0.717, 1.165) is 6.29 Å². The maximum atomic E-state index is 11.5. The first-order valence-electron chi connectivity index (χ1n) is 7.17. The van der Waals surface area contributed by atoms with E-state index in [4.69, 9.17) is 20.6 Å². The van der Waals surface area contributed by atoms with Gasteiger partial charge in [0.15, 0.2) is 20.4 Å². The molecule has 6 heteroatoms.